The summed E-state index contributed by atoms with van der Waals surface area (Å²) in [5.41, 5.74) is 0.357. The van der Waals surface area contributed by atoms with Crippen molar-refractivity contribution in [3.05, 3.63) is 0 Å². The van der Waals surface area contributed by atoms with Crippen LogP contribution in [0.2, 0.25) is 5.54 Å². The minimum absolute atomic E-state index is 0.357. The molecule has 6 heteroatoms. The average Bonchev–Trinajstić information content (AvgIpc) is 2.18. The highest BCUT2D eigenvalue weighted by Gasteiger charge is 2.50. The maximum absolute atomic E-state index is 5.92. The van der Waals surface area contributed by atoms with Gasteiger partial charge in [-0.3, -0.25) is 0 Å². The third kappa shape index (κ3) is 3.52. The van der Waals surface area contributed by atoms with Crippen molar-refractivity contribution in [2.75, 3.05) is 13.2 Å². The van der Waals surface area contributed by atoms with Crippen LogP contribution in [0.5, 0.6) is 0 Å². The highest BCUT2D eigenvalue weighted by Crippen LogP contribution is 2.51. The molecule has 0 spiro atoms. The number of rotatable bonds is 4. The zero-order valence-electron chi connectivity index (χ0n) is 9.06. The van der Waals surface area contributed by atoms with E-state index in [1.54, 1.807) is 0 Å². The minimum atomic E-state index is -1.78. The van der Waals surface area contributed by atoms with Gasteiger partial charge >= 0.3 is 0 Å². The Bertz CT molecular complexity index is 202. The summed E-state index contributed by atoms with van der Waals surface area (Å²) in [4.78, 5) is 0. The molecule has 1 unspecified atom stereocenters. The zero-order valence-corrected chi connectivity index (χ0v) is 14.8. The van der Waals surface area contributed by atoms with Crippen molar-refractivity contribution in [3.63, 3.8) is 0 Å². The second-order valence-corrected chi connectivity index (χ2v) is 26.3. The van der Waals surface area contributed by atoms with Crippen LogP contribution >= 0.6 is 45.9 Å². The van der Waals surface area contributed by atoms with E-state index in [2.05, 4.69) is 59.7 Å². The molecule has 0 saturated carbocycles. The molecule has 0 amide bonds. The zero-order chi connectivity index (χ0) is 11.5. The fourth-order valence-corrected chi connectivity index (χ4v) is 9.42. The Balaban J connectivity index is 2.86. The van der Waals surface area contributed by atoms with Crippen molar-refractivity contribution in [1.29, 1.82) is 0 Å². The fraction of sp³-hybridized carbons (Fsp3) is 1.00. The van der Waals surface area contributed by atoms with Gasteiger partial charge in [-0.1, -0.05) is 59.7 Å². The van der Waals surface area contributed by atoms with Gasteiger partial charge in [0, 0.05) is 5.54 Å². The second kappa shape index (κ2) is 5.95. The van der Waals surface area contributed by atoms with Gasteiger partial charge in [0.2, 0.25) is 0 Å². The van der Waals surface area contributed by atoms with Gasteiger partial charge in [0.15, 0.2) is 5.79 Å². The van der Waals surface area contributed by atoms with Crippen molar-refractivity contribution < 1.29 is 9.47 Å². The van der Waals surface area contributed by atoms with Crippen molar-refractivity contribution in [2.24, 2.45) is 0 Å². The van der Waals surface area contributed by atoms with Crippen LogP contribution in [-0.4, -0.2) is 22.9 Å². The summed E-state index contributed by atoms with van der Waals surface area (Å²) in [6.45, 7) is 5.92. The van der Waals surface area contributed by atoms with E-state index in [0.717, 1.165) is 32.5 Å². The Kier molecular flexibility index (Phi) is 5.81. The first kappa shape index (κ1) is 14.6. The molecule has 0 aromatic carbocycles. The van der Waals surface area contributed by atoms with Crippen LogP contribution < -0.4 is 0 Å². The molecule has 1 aliphatic rings. The largest absolute Gasteiger partial charge is 0.350 e. The Morgan fingerprint density at radius 3 is 2.07 bits per heavy atom. The molecule has 0 bridgehead atoms. The standard InChI is InChI=1S/C9H17Br3O2Si/c1-3-8(15(10,11)12)9(4-2)13-6-5-7-14-9/h8H,3-7H2,1-2H3. The molecule has 0 N–H and O–H groups in total. The number of halogens is 3. The molecule has 0 radical (unpaired) electrons. The molecule has 1 rings (SSSR count). The summed E-state index contributed by atoms with van der Waals surface area (Å²) in [5.74, 6) is -0.407. The van der Waals surface area contributed by atoms with Crippen molar-refractivity contribution in [1.82, 2.24) is 0 Å². The van der Waals surface area contributed by atoms with Crippen LogP contribution in [-0.2, 0) is 9.47 Å². The van der Waals surface area contributed by atoms with Gasteiger partial charge < -0.3 is 9.47 Å². The van der Waals surface area contributed by atoms with Crippen molar-refractivity contribution in [3.8, 4) is 0 Å². The molecule has 15 heavy (non-hydrogen) atoms. The third-order valence-electron chi connectivity index (χ3n) is 2.81. The van der Waals surface area contributed by atoms with Gasteiger partial charge in [-0.25, -0.2) is 0 Å². The number of hydrogen-bond donors (Lipinski definition) is 0. The summed E-state index contributed by atoms with van der Waals surface area (Å²) in [5, 5.41) is 0. The van der Waals surface area contributed by atoms with Crippen LogP contribution in [0.4, 0.5) is 0 Å². The average molecular weight is 425 g/mol. The normalized spacial score (nSPS) is 23.8. The van der Waals surface area contributed by atoms with E-state index < -0.39 is 9.72 Å². The molecule has 1 fully saturated rings. The lowest BCUT2D eigenvalue weighted by Crippen LogP contribution is -2.48. The molecule has 1 atom stereocenters. The third-order valence-corrected chi connectivity index (χ3v) is 9.42. The second-order valence-electron chi connectivity index (χ2n) is 3.72. The lowest BCUT2D eigenvalue weighted by Gasteiger charge is -2.44. The van der Waals surface area contributed by atoms with E-state index in [0.29, 0.717) is 5.54 Å². The Morgan fingerprint density at radius 2 is 1.73 bits per heavy atom. The first-order chi connectivity index (χ1) is 6.96. The van der Waals surface area contributed by atoms with E-state index in [9.17, 15) is 0 Å². The maximum atomic E-state index is 5.92. The minimum Gasteiger partial charge on any atom is -0.350 e. The fourth-order valence-electron chi connectivity index (χ4n) is 2.03. The summed E-state index contributed by atoms with van der Waals surface area (Å²) in [6.07, 6.45) is 2.92. The molecule has 1 aliphatic heterocycles. The van der Waals surface area contributed by atoms with Gasteiger partial charge in [-0.05, 0) is 19.3 Å². The molecule has 2 nitrogen and oxygen atoms in total. The predicted molar refractivity (Wildman–Crippen MR) is 76.1 cm³/mol. The van der Waals surface area contributed by atoms with Gasteiger partial charge in [0.25, 0.3) is 3.93 Å². The van der Waals surface area contributed by atoms with Gasteiger partial charge in [-0.2, -0.15) is 0 Å². The maximum Gasteiger partial charge on any atom is 0.275 e. The van der Waals surface area contributed by atoms with Crippen LogP contribution in [0, 0.1) is 0 Å². The van der Waals surface area contributed by atoms with E-state index in [1.165, 1.54) is 0 Å². The first-order valence-electron chi connectivity index (χ1n) is 5.31. The predicted octanol–water partition coefficient (Wildman–Crippen LogP) is 4.43. The first-order valence-corrected chi connectivity index (χ1v) is 14.2. The van der Waals surface area contributed by atoms with Gasteiger partial charge in [0.05, 0.1) is 13.2 Å². The Hall–Kier alpha value is 1.58. The summed E-state index contributed by atoms with van der Waals surface area (Å²) < 4.78 is 10.1. The molecule has 0 aromatic heterocycles. The number of ether oxygens (including phenoxy) is 2. The Labute approximate surface area is 116 Å². The highest BCUT2D eigenvalue weighted by atomic mass is 80.0. The van der Waals surface area contributed by atoms with E-state index >= 15 is 0 Å². The summed E-state index contributed by atoms with van der Waals surface area (Å²) in [7, 11) is 0. The van der Waals surface area contributed by atoms with Crippen molar-refractivity contribution in [2.45, 2.75) is 44.4 Å². The van der Waals surface area contributed by atoms with Gasteiger partial charge in [-0.15, -0.1) is 0 Å². The quantitative estimate of drug-likeness (QED) is 0.490. The van der Waals surface area contributed by atoms with Crippen LogP contribution in [0.3, 0.4) is 0 Å². The highest BCUT2D eigenvalue weighted by molar-refractivity contribution is 9.72. The summed E-state index contributed by atoms with van der Waals surface area (Å²) >= 11 is 11.2. The molecule has 0 aromatic rings. The SMILES string of the molecule is CCC(C1(CC)OCCCO1)[Si](Br)(Br)Br. The van der Waals surface area contributed by atoms with E-state index in [4.69, 9.17) is 9.47 Å². The molecule has 90 valence electrons. The number of hydrogen-bond acceptors (Lipinski definition) is 2. The monoisotopic (exact) mass is 422 g/mol. The summed E-state index contributed by atoms with van der Waals surface area (Å²) in [6, 6.07) is 0. The van der Waals surface area contributed by atoms with Gasteiger partial charge in [0.1, 0.15) is 0 Å². The Morgan fingerprint density at radius 1 is 1.20 bits per heavy atom. The lowest BCUT2D eigenvalue weighted by atomic mass is 10.1. The lowest BCUT2D eigenvalue weighted by molar-refractivity contribution is -0.270. The molecule has 1 saturated heterocycles. The molecule has 0 aliphatic carbocycles. The topological polar surface area (TPSA) is 18.5 Å². The smallest absolute Gasteiger partial charge is 0.275 e. The van der Waals surface area contributed by atoms with Crippen LogP contribution in [0.1, 0.15) is 33.1 Å². The van der Waals surface area contributed by atoms with Crippen LogP contribution in [0.15, 0.2) is 0 Å². The molecular formula is C9H17Br3O2Si. The molecular weight excluding hydrogens is 408 g/mol. The molecule has 1 heterocycles. The van der Waals surface area contributed by atoms with E-state index in [1.807, 2.05) is 0 Å². The van der Waals surface area contributed by atoms with Crippen LogP contribution in [0.25, 0.3) is 0 Å². The van der Waals surface area contributed by atoms with Crippen molar-refractivity contribution >= 4 is 49.8 Å². The van der Waals surface area contributed by atoms with E-state index in [-0.39, 0.29) is 0 Å².